The maximum absolute atomic E-state index is 12.7. The summed E-state index contributed by atoms with van der Waals surface area (Å²) in [5.74, 6) is 0.135. The molecule has 1 amide bonds. The van der Waals surface area contributed by atoms with Crippen molar-refractivity contribution in [2.75, 3.05) is 13.2 Å². The van der Waals surface area contributed by atoms with Crippen molar-refractivity contribution >= 4 is 11.9 Å². The summed E-state index contributed by atoms with van der Waals surface area (Å²) in [6.45, 7) is 4.02. The molecular weight excluding hydrogens is 378 g/mol. The van der Waals surface area contributed by atoms with Gasteiger partial charge in [-0.2, -0.15) is 0 Å². The molecule has 3 rings (SSSR count). The van der Waals surface area contributed by atoms with E-state index in [0.29, 0.717) is 26.1 Å². The van der Waals surface area contributed by atoms with E-state index in [1.807, 2.05) is 11.0 Å². The van der Waals surface area contributed by atoms with Gasteiger partial charge >= 0.3 is 5.97 Å². The van der Waals surface area contributed by atoms with Gasteiger partial charge in [0.25, 0.3) is 0 Å². The molecular formula is C25H31NO4. The first-order valence-corrected chi connectivity index (χ1v) is 10.8. The number of fused-ring (bicyclic) bond motifs is 3. The fourth-order valence-electron chi connectivity index (χ4n) is 3.87. The highest BCUT2D eigenvalue weighted by Gasteiger charge is 2.15. The van der Waals surface area contributed by atoms with Crippen LogP contribution in [0.15, 0.2) is 42.5 Å². The summed E-state index contributed by atoms with van der Waals surface area (Å²) >= 11 is 0. The summed E-state index contributed by atoms with van der Waals surface area (Å²) in [5, 5.41) is 8.84. The Morgan fingerprint density at radius 3 is 2.70 bits per heavy atom. The van der Waals surface area contributed by atoms with E-state index in [2.05, 4.69) is 43.3 Å². The molecule has 1 aliphatic heterocycles. The summed E-state index contributed by atoms with van der Waals surface area (Å²) < 4.78 is 6.07. The summed E-state index contributed by atoms with van der Waals surface area (Å²) in [4.78, 5) is 25.4. The van der Waals surface area contributed by atoms with Crippen LogP contribution in [0.2, 0.25) is 0 Å². The normalized spacial score (nSPS) is 14.9. The quantitative estimate of drug-likeness (QED) is 0.793. The average Bonchev–Trinajstić information content (AvgIpc) is 2.70. The highest BCUT2D eigenvalue weighted by Crippen LogP contribution is 2.25. The standard InChI is InChI=1S/C25H31NO4/c1-19-11-12-23-22(15-19)17-20-7-5-8-21(16-20)18-26(13-3-2-4-14-30-23)24(27)9-6-10-25(28)29/h5,7-8,11-12,15-16H,2-4,6,9-10,13-14,17-18H2,1H3,(H,28,29). The van der Waals surface area contributed by atoms with Gasteiger partial charge in [-0.15, -0.1) is 0 Å². The third-order valence-electron chi connectivity index (χ3n) is 5.44. The van der Waals surface area contributed by atoms with E-state index in [9.17, 15) is 9.59 Å². The van der Waals surface area contributed by atoms with Crippen LogP contribution in [0.4, 0.5) is 0 Å². The first-order chi connectivity index (χ1) is 14.5. The molecule has 1 aliphatic rings. The maximum Gasteiger partial charge on any atom is 0.303 e. The maximum atomic E-state index is 12.7. The monoisotopic (exact) mass is 409 g/mol. The number of hydrogen-bond donors (Lipinski definition) is 1. The number of carbonyl (C=O) groups is 2. The van der Waals surface area contributed by atoms with Crippen molar-refractivity contribution in [3.05, 3.63) is 64.7 Å². The zero-order chi connectivity index (χ0) is 21.3. The van der Waals surface area contributed by atoms with Gasteiger partial charge in [-0.3, -0.25) is 9.59 Å². The Balaban J connectivity index is 1.79. The zero-order valence-corrected chi connectivity index (χ0v) is 17.7. The Kier molecular flexibility index (Phi) is 7.89. The number of carboxylic acid groups (broad SMARTS) is 1. The highest BCUT2D eigenvalue weighted by molar-refractivity contribution is 5.77. The Hall–Kier alpha value is -2.82. The van der Waals surface area contributed by atoms with Crippen molar-refractivity contribution in [1.82, 2.24) is 4.90 Å². The molecule has 1 heterocycles. The van der Waals surface area contributed by atoms with E-state index in [0.717, 1.165) is 37.0 Å². The number of benzene rings is 2. The summed E-state index contributed by atoms with van der Waals surface area (Å²) in [6.07, 6.45) is 4.33. The van der Waals surface area contributed by atoms with E-state index in [1.165, 1.54) is 16.7 Å². The Morgan fingerprint density at radius 2 is 1.87 bits per heavy atom. The minimum absolute atomic E-state index is 0.0330. The molecule has 0 saturated carbocycles. The predicted molar refractivity (Wildman–Crippen MR) is 117 cm³/mol. The molecule has 160 valence electrons. The van der Waals surface area contributed by atoms with E-state index in [-0.39, 0.29) is 18.7 Å². The predicted octanol–water partition coefficient (Wildman–Crippen LogP) is 4.73. The van der Waals surface area contributed by atoms with Crippen LogP contribution < -0.4 is 4.74 Å². The largest absolute Gasteiger partial charge is 0.493 e. The lowest BCUT2D eigenvalue weighted by atomic mass is 10.00. The average molecular weight is 410 g/mol. The number of aryl methyl sites for hydroxylation is 1. The van der Waals surface area contributed by atoms with E-state index >= 15 is 0 Å². The second kappa shape index (κ2) is 10.8. The van der Waals surface area contributed by atoms with Crippen molar-refractivity contribution in [2.24, 2.45) is 0 Å². The first kappa shape index (κ1) is 21.9. The molecule has 0 spiro atoms. The Morgan fingerprint density at radius 1 is 1.03 bits per heavy atom. The minimum atomic E-state index is -0.855. The molecule has 5 nitrogen and oxygen atoms in total. The lowest BCUT2D eigenvalue weighted by molar-refractivity contribution is -0.137. The first-order valence-electron chi connectivity index (χ1n) is 10.8. The van der Waals surface area contributed by atoms with Gasteiger partial charge in [-0.25, -0.2) is 0 Å². The summed E-state index contributed by atoms with van der Waals surface area (Å²) in [6, 6.07) is 14.7. The van der Waals surface area contributed by atoms with Crippen LogP contribution in [0, 0.1) is 6.92 Å². The van der Waals surface area contributed by atoms with Crippen LogP contribution in [-0.2, 0) is 22.6 Å². The third-order valence-corrected chi connectivity index (χ3v) is 5.44. The second-order valence-electron chi connectivity index (χ2n) is 8.08. The minimum Gasteiger partial charge on any atom is -0.493 e. The number of nitrogens with zero attached hydrogens (tertiary/aromatic N) is 1. The second-order valence-corrected chi connectivity index (χ2v) is 8.08. The molecule has 2 aromatic rings. The molecule has 5 heteroatoms. The van der Waals surface area contributed by atoms with E-state index in [4.69, 9.17) is 9.84 Å². The fraction of sp³-hybridized carbons (Fsp3) is 0.440. The molecule has 30 heavy (non-hydrogen) atoms. The van der Waals surface area contributed by atoms with Gasteiger partial charge in [0, 0.05) is 32.4 Å². The lowest BCUT2D eigenvalue weighted by Gasteiger charge is -2.24. The van der Waals surface area contributed by atoms with Gasteiger partial charge in [0.05, 0.1) is 6.61 Å². The van der Waals surface area contributed by atoms with Crippen LogP contribution >= 0.6 is 0 Å². The van der Waals surface area contributed by atoms with Crippen molar-refractivity contribution in [2.45, 2.75) is 58.4 Å². The van der Waals surface area contributed by atoms with Gasteiger partial charge in [-0.1, -0.05) is 42.0 Å². The van der Waals surface area contributed by atoms with Gasteiger partial charge in [0.15, 0.2) is 0 Å². The van der Waals surface area contributed by atoms with Gasteiger partial charge in [0.1, 0.15) is 5.75 Å². The number of aliphatic carboxylic acids is 1. The molecule has 2 aromatic carbocycles. The molecule has 0 atom stereocenters. The summed E-state index contributed by atoms with van der Waals surface area (Å²) in [7, 11) is 0. The summed E-state index contributed by atoms with van der Waals surface area (Å²) in [5.41, 5.74) is 4.70. The Bertz CT molecular complexity index is 877. The van der Waals surface area contributed by atoms with Gasteiger partial charge in [-0.05, 0) is 55.4 Å². The van der Waals surface area contributed by atoms with Crippen LogP contribution in [0.25, 0.3) is 0 Å². The lowest BCUT2D eigenvalue weighted by Crippen LogP contribution is -2.31. The molecule has 0 saturated heterocycles. The van der Waals surface area contributed by atoms with Crippen molar-refractivity contribution in [1.29, 1.82) is 0 Å². The number of amides is 1. The molecule has 0 radical (unpaired) electrons. The van der Waals surface area contributed by atoms with Gasteiger partial charge < -0.3 is 14.7 Å². The van der Waals surface area contributed by atoms with Crippen LogP contribution in [-0.4, -0.2) is 35.0 Å². The topological polar surface area (TPSA) is 66.8 Å². The van der Waals surface area contributed by atoms with Crippen molar-refractivity contribution in [3.8, 4) is 5.75 Å². The number of ether oxygens (including phenoxy) is 1. The fourth-order valence-corrected chi connectivity index (χ4v) is 3.87. The molecule has 0 fully saturated rings. The smallest absolute Gasteiger partial charge is 0.303 e. The number of carboxylic acids is 1. The van der Waals surface area contributed by atoms with Crippen LogP contribution in [0.1, 0.15) is 60.8 Å². The molecule has 0 unspecified atom stereocenters. The van der Waals surface area contributed by atoms with E-state index < -0.39 is 5.97 Å². The Labute approximate surface area is 178 Å². The zero-order valence-electron chi connectivity index (χ0n) is 17.7. The van der Waals surface area contributed by atoms with Crippen molar-refractivity contribution < 1.29 is 19.4 Å². The highest BCUT2D eigenvalue weighted by atomic mass is 16.5. The molecule has 2 bridgehead atoms. The molecule has 0 aromatic heterocycles. The van der Waals surface area contributed by atoms with E-state index in [1.54, 1.807) is 0 Å². The number of carbonyl (C=O) groups excluding carboxylic acids is 1. The number of rotatable bonds is 4. The van der Waals surface area contributed by atoms with Crippen LogP contribution in [0.5, 0.6) is 5.75 Å². The SMILES string of the molecule is Cc1ccc2c(c1)Cc1cccc(c1)CN(C(=O)CCCC(=O)O)CCCCCO2. The van der Waals surface area contributed by atoms with Gasteiger partial charge in [0.2, 0.25) is 5.91 Å². The molecule has 1 N–H and O–H groups in total. The number of hydrogen-bond acceptors (Lipinski definition) is 3. The molecule has 0 aliphatic carbocycles. The van der Waals surface area contributed by atoms with Crippen molar-refractivity contribution in [3.63, 3.8) is 0 Å². The third kappa shape index (κ3) is 6.61. The van der Waals surface area contributed by atoms with Crippen LogP contribution in [0.3, 0.4) is 0 Å².